The van der Waals surface area contributed by atoms with Crippen molar-refractivity contribution in [3.63, 3.8) is 0 Å². The number of para-hydroxylation sites is 2. The minimum absolute atomic E-state index is 0.663. The molecule has 248 valence electrons. The van der Waals surface area contributed by atoms with E-state index in [1.165, 1.54) is 0 Å². The highest BCUT2D eigenvalue weighted by Gasteiger charge is 2.16. The summed E-state index contributed by atoms with van der Waals surface area (Å²) < 4.78 is 6.16. The van der Waals surface area contributed by atoms with Crippen LogP contribution in [0.2, 0.25) is 0 Å². The van der Waals surface area contributed by atoms with Crippen LogP contribution in [-0.2, 0) is 0 Å². The van der Waals surface area contributed by atoms with Crippen LogP contribution in [0, 0.1) is 0 Å². The van der Waals surface area contributed by atoms with Crippen LogP contribution in [0.4, 0.5) is 0 Å². The molecule has 0 N–H and O–H groups in total. The lowest BCUT2D eigenvalue weighted by Crippen LogP contribution is -1.97. The summed E-state index contributed by atoms with van der Waals surface area (Å²) in [6.07, 6.45) is 5.51. The smallest absolute Gasteiger partial charge is 0.160 e. The fourth-order valence-electron chi connectivity index (χ4n) is 7.18. The zero-order valence-corrected chi connectivity index (χ0v) is 28.5. The predicted octanol–water partition coefficient (Wildman–Crippen LogP) is 12.3. The van der Waals surface area contributed by atoms with Crippen LogP contribution < -0.4 is 0 Å². The average molecular weight is 679 g/mol. The maximum Gasteiger partial charge on any atom is 0.160 e. The van der Waals surface area contributed by atoms with Crippen molar-refractivity contribution in [1.82, 2.24) is 19.9 Å². The van der Waals surface area contributed by atoms with Crippen LogP contribution >= 0.6 is 0 Å². The molecule has 0 saturated heterocycles. The van der Waals surface area contributed by atoms with E-state index < -0.39 is 0 Å². The molecule has 0 spiro atoms. The number of furan rings is 1. The number of hydrogen-bond donors (Lipinski definition) is 0. The highest BCUT2D eigenvalue weighted by molar-refractivity contribution is 6.06. The van der Waals surface area contributed by atoms with Crippen LogP contribution in [0.15, 0.2) is 187 Å². The fraction of sp³-hybridized carbons (Fsp3) is 0. The first-order chi connectivity index (χ1) is 26.2. The number of rotatable bonds is 6. The Morgan fingerprint density at radius 3 is 1.89 bits per heavy atom. The van der Waals surface area contributed by atoms with Gasteiger partial charge in [0.25, 0.3) is 0 Å². The molecule has 0 aliphatic heterocycles. The van der Waals surface area contributed by atoms with E-state index in [2.05, 4.69) is 108 Å². The van der Waals surface area contributed by atoms with Crippen molar-refractivity contribution in [2.24, 2.45) is 0 Å². The maximum atomic E-state index is 6.16. The van der Waals surface area contributed by atoms with E-state index in [1.807, 2.05) is 79.3 Å². The van der Waals surface area contributed by atoms with Crippen LogP contribution in [0.25, 0.3) is 100 Å². The second-order valence-electron chi connectivity index (χ2n) is 13.1. The molecule has 0 atom stereocenters. The van der Waals surface area contributed by atoms with Gasteiger partial charge in [-0.15, -0.1) is 0 Å². The zero-order valence-electron chi connectivity index (χ0n) is 28.5. The topological polar surface area (TPSA) is 64.7 Å². The Labute approximate surface area is 305 Å². The van der Waals surface area contributed by atoms with Gasteiger partial charge in [0.05, 0.1) is 16.9 Å². The van der Waals surface area contributed by atoms with Gasteiger partial charge in [-0.05, 0) is 94.5 Å². The van der Waals surface area contributed by atoms with Gasteiger partial charge in [0.1, 0.15) is 11.2 Å². The largest absolute Gasteiger partial charge is 0.456 e. The second-order valence-corrected chi connectivity index (χ2v) is 13.1. The van der Waals surface area contributed by atoms with Crippen LogP contribution in [0.1, 0.15) is 0 Å². The number of aromatic nitrogens is 4. The normalized spacial score (nSPS) is 11.4. The van der Waals surface area contributed by atoms with E-state index in [9.17, 15) is 0 Å². The first kappa shape index (κ1) is 30.6. The molecule has 53 heavy (non-hydrogen) atoms. The Hall–Kier alpha value is -7.24. The van der Waals surface area contributed by atoms with Gasteiger partial charge < -0.3 is 4.42 Å². The molecule has 5 heteroatoms. The molecular formula is C48H30N4O. The van der Waals surface area contributed by atoms with Crippen LogP contribution in [-0.4, -0.2) is 19.9 Å². The third-order valence-corrected chi connectivity index (χ3v) is 9.83. The lowest BCUT2D eigenvalue weighted by atomic mass is 9.92. The molecule has 0 aliphatic carbocycles. The molecule has 6 aromatic carbocycles. The SMILES string of the molecule is c1ccc(-c2nc(-c3cc(-c4ccc(-c5ccncc5)cc4)cc(-c4cccc5cccnc45)c3)cc(-c3ccc4oc5ccccc5c4c3)n2)cc1. The van der Waals surface area contributed by atoms with Crippen LogP contribution in [0.5, 0.6) is 0 Å². The Kier molecular flexibility index (Phi) is 7.40. The van der Waals surface area contributed by atoms with Gasteiger partial charge in [-0.1, -0.05) is 97.1 Å². The summed E-state index contributed by atoms with van der Waals surface area (Å²) in [7, 11) is 0. The van der Waals surface area contributed by atoms with Gasteiger partial charge in [0.15, 0.2) is 5.82 Å². The Morgan fingerprint density at radius 2 is 1.04 bits per heavy atom. The molecular weight excluding hydrogens is 649 g/mol. The van der Waals surface area contributed by atoms with Gasteiger partial charge in [-0.3, -0.25) is 9.97 Å². The minimum Gasteiger partial charge on any atom is -0.456 e. The monoisotopic (exact) mass is 678 g/mol. The van der Waals surface area contributed by atoms with E-state index in [0.717, 1.165) is 94.3 Å². The number of fused-ring (bicyclic) bond motifs is 4. The first-order valence-corrected chi connectivity index (χ1v) is 17.6. The summed E-state index contributed by atoms with van der Waals surface area (Å²) in [6.45, 7) is 0. The molecule has 0 radical (unpaired) electrons. The highest BCUT2D eigenvalue weighted by Crippen LogP contribution is 2.38. The highest BCUT2D eigenvalue weighted by atomic mass is 16.3. The molecule has 0 saturated carbocycles. The number of nitrogens with zero attached hydrogens (tertiary/aromatic N) is 4. The Morgan fingerprint density at radius 1 is 0.377 bits per heavy atom. The standard InChI is InChI=1S/C48H30N4O/c1-2-8-35(9-3-1)48-51-43(36-19-20-46-42(29-36)41-12-4-5-14-45(41)53-46)30-44(52-48)39-27-37(32-17-15-31(16-18-32)33-21-24-49-25-22-33)26-38(28-39)40-13-6-10-34-11-7-23-50-47(34)40/h1-30H. The summed E-state index contributed by atoms with van der Waals surface area (Å²) in [5, 5.41) is 3.23. The molecule has 4 aromatic heterocycles. The van der Waals surface area contributed by atoms with Crippen LogP contribution in [0.3, 0.4) is 0 Å². The van der Waals surface area contributed by atoms with Crippen molar-refractivity contribution in [1.29, 1.82) is 0 Å². The summed E-state index contributed by atoms with van der Waals surface area (Å²) in [5.74, 6) is 0.663. The summed E-state index contributed by atoms with van der Waals surface area (Å²) in [6, 6.07) is 56.7. The van der Waals surface area contributed by atoms with E-state index in [1.54, 1.807) is 0 Å². The average Bonchev–Trinajstić information content (AvgIpc) is 3.62. The third kappa shape index (κ3) is 5.71. The Balaban J connectivity index is 1.18. The molecule has 0 unspecified atom stereocenters. The number of hydrogen-bond acceptors (Lipinski definition) is 5. The molecule has 5 nitrogen and oxygen atoms in total. The van der Waals surface area contributed by atoms with Gasteiger partial charge in [0, 0.05) is 57.0 Å². The lowest BCUT2D eigenvalue weighted by Gasteiger charge is -2.14. The Bertz CT molecular complexity index is 2930. The fourth-order valence-corrected chi connectivity index (χ4v) is 7.18. The van der Waals surface area contributed by atoms with E-state index >= 15 is 0 Å². The van der Waals surface area contributed by atoms with Crippen molar-refractivity contribution >= 4 is 32.8 Å². The van der Waals surface area contributed by atoms with Gasteiger partial charge in [0.2, 0.25) is 0 Å². The number of pyridine rings is 2. The predicted molar refractivity (Wildman–Crippen MR) is 215 cm³/mol. The van der Waals surface area contributed by atoms with Crippen molar-refractivity contribution in [3.8, 4) is 67.3 Å². The number of benzene rings is 6. The molecule has 0 bridgehead atoms. The second kappa shape index (κ2) is 12.8. The third-order valence-electron chi connectivity index (χ3n) is 9.83. The van der Waals surface area contributed by atoms with E-state index in [4.69, 9.17) is 19.4 Å². The molecule has 0 amide bonds. The van der Waals surface area contributed by atoms with Gasteiger partial charge in [-0.25, -0.2) is 9.97 Å². The molecule has 0 fully saturated rings. The lowest BCUT2D eigenvalue weighted by molar-refractivity contribution is 0.669. The first-order valence-electron chi connectivity index (χ1n) is 17.6. The van der Waals surface area contributed by atoms with Crippen molar-refractivity contribution in [2.75, 3.05) is 0 Å². The molecule has 4 heterocycles. The summed E-state index contributed by atoms with van der Waals surface area (Å²) in [4.78, 5) is 19.4. The zero-order chi connectivity index (χ0) is 35.1. The molecule has 10 aromatic rings. The molecule has 10 rings (SSSR count). The molecule has 0 aliphatic rings. The van der Waals surface area contributed by atoms with E-state index in [0.29, 0.717) is 5.82 Å². The van der Waals surface area contributed by atoms with Gasteiger partial charge >= 0.3 is 0 Å². The summed E-state index contributed by atoms with van der Waals surface area (Å²) >= 11 is 0. The summed E-state index contributed by atoms with van der Waals surface area (Å²) in [5.41, 5.74) is 13.9. The van der Waals surface area contributed by atoms with Crippen molar-refractivity contribution in [3.05, 3.63) is 182 Å². The maximum absolute atomic E-state index is 6.16. The van der Waals surface area contributed by atoms with Crippen molar-refractivity contribution < 1.29 is 4.42 Å². The van der Waals surface area contributed by atoms with E-state index in [-0.39, 0.29) is 0 Å². The van der Waals surface area contributed by atoms with Crippen molar-refractivity contribution in [2.45, 2.75) is 0 Å². The quantitative estimate of drug-likeness (QED) is 0.175. The van der Waals surface area contributed by atoms with Gasteiger partial charge in [-0.2, -0.15) is 0 Å². The minimum atomic E-state index is 0.663.